The Bertz CT molecular complexity index is 192. The van der Waals surface area contributed by atoms with Crippen molar-refractivity contribution < 1.29 is 23.7 Å². The molecule has 0 heterocycles. The van der Waals surface area contributed by atoms with E-state index in [4.69, 9.17) is 23.7 Å². The van der Waals surface area contributed by atoms with Crippen molar-refractivity contribution in [3.05, 3.63) is 0 Å². The van der Waals surface area contributed by atoms with Gasteiger partial charge in [-0.2, -0.15) is 0 Å². The van der Waals surface area contributed by atoms with Gasteiger partial charge < -0.3 is 23.7 Å². The van der Waals surface area contributed by atoms with Crippen molar-refractivity contribution in [3.8, 4) is 0 Å². The lowest BCUT2D eigenvalue weighted by molar-refractivity contribution is 0.0128. The fourth-order valence-corrected chi connectivity index (χ4v) is 1.94. The van der Waals surface area contributed by atoms with Gasteiger partial charge in [-0.25, -0.2) is 0 Å². The Morgan fingerprint density at radius 1 is 0.333 bits per heavy atom. The van der Waals surface area contributed by atoms with Crippen LogP contribution in [0.5, 0.6) is 0 Å². The van der Waals surface area contributed by atoms with Crippen molar-refractivity contribution in [3.63, 3.8) is 0 Å². The zero-order valence-electron chi connectivity index (χ0n) is 16.1. The lowest BCUT2D eigenvalue weighted by Crippen LogP contribution is -2.10. The monoisotopic (exact) mass is 348 g/mol. The highest BCUT2D eigenvalue weighted by Crippen LogP contribution is 1.97. The summed E-state index contributed by atoms with van der Waals surface area (Å²) in [5, 5.41) is 0. The first-order chi connectivity index (χ1) is 11.9. The molecule has 0 aromatic heterocycles. The Balaban J connectivity index is 2.93. The molecule has 0 unspecified atom stereocenters. The van der Waals surface area contributed by atoms with Gasteiger partial charge in [0.2, 0.25) is 0 Å². The molecule has 0 saturated heterocycles. The maximum atomic E-state index is 5.53. The van der Waals surface area contributed by atoms with Crippen LogP contribution >= 0.6 is 0 Å². The molecule has 0 N–H and O–H groups in total. The van der Waals surface area contributed by atoms with Crippen molar-refractivity contribution in [2.24, 2.45) is 0 Å². The molecule has 5 nitrogen and oxygen atoms in total. The van der Waals surface area contributed by atoms with Crippen LogP contribution in [0.25, 0.3) is 0 Å². The van der Waals surface area contributed by atoms with Crippen molar-refractivity contribution in [2.75, 3.05) is 66.1 Å². The summed E-state index contributed by atoms with van der Waals surface area (Å²) in [6.45, 7) is 11.7. The van der Waals surface area contributed by atoms with E-state index in [0.29, 0.717) is 39.6 Å². The summed E-state index contributed by atoms with van der Waals surface area (Å²) in [4.78, 5) is 0. The molecule has 0 saturated carbocycles. The van der Waals surface area contributed by atoms with Gasteiger partial charge in [0.05, 0.1) is 39.6 Å². The minimum absolute atomic E-state index is 0.651. The second-order valence-corrected chi connectivity index (χ2v) is 5.83. The number of ether oxygens (including phenoxy) is 5. The van der Waals surface area contributed by atoms with Gasteiger partial charge in [-0.05, 0) is 32.1 Å². The third-order valence-corrected chi connectivity index (χ3v) is 3.48. The molecule has 0 bridgehead atoms. The summed E-state index contributed by atoms with van der Waals surface area (Å²) in [6, 6.07) is 0. The SMILES string of the molecule is CCCCOCCOCCCCCOCCOCCOCCCC. The smallest absolute Gasteiger partial charge is 0.0701 e. The van der Waals surface area contributed by atoms with Crippen LogP contribution in [0.4, 0.5) is 0 Å². The van der Waals surface area contributed by atoms with Crippen LogP contribution in [-0.2, 0) is 23.7 Å². The topological polar surface area (TPSA) is 46.2 Å². The summed E-state index contributed by atoms with van der Waals surface area (Å²) in [7, 11) is 0. The molecule has 0 atom stereocenters. The molecular weight excluding hydrogens is 308 g/mol. The van der Waals surface area contributed by atoms with E-state index in [1.807, 2.05) is 0 Å². The highest BCUT2D eigenvalue weighted by atomic mass is 16.5. The summed E-state index contributed by atoms with van der Waals surface area (Å²) in [6.07, 6.45) is 7.93. The molecule has 0 radical (unpaired) electrons. The zero-order valence-corrected chi connectivity index (χ0v) is 16.1. The van der Waals surface area contributed by atoms with E-state index in [1.165, 1.54) is 12.8 Å². The average molecular weight is 349 g/mol. The molecule has 0 aliphatic carbocycles. The average Bonchev–Trinajstić information content (AvgIpc) is 2.60. The molecule has 0 aromatic rings. The third-order valence-electron chi connectivity index (χ3n) is 3.48. The van der Waals surface area contributed by atoms with Gasteiger partial charge in [0.1, 0.15) is 0 Å². The van der Waals surface area contributed by atoms with Crippen LogP contribution in [0, 0.1) is 0 Å². The van der Waals surface area contributed by atoms with Gasteiger partial charge in [-0.15, -0.1) is 0 Å². The van der Waals surface area contributed by atoms with Gasteiger partial charge in [-0.1, -0.05) is 26.7 Å². The Morgan fingerprint density at radius 3 is 0.958 bits per heavy atom. The van der Waals surface area contributed by atoms with Crippen LogP contribution in [0.15, 0.2) is 0 Å². The molecule has 0 fully saturated rings. The summed E-state index contributed by atoms with van der Waals surface area (Å²) in [5.41, 5.74) is 0. The Labute approximate surface area is 149 Å². The predicted molar refractivity (Wildman–Crippen MR) is 97.8 cm³/mol. The molecule has 0 aliphatic heterocycles. The molecule has 0 aliphatic rings. The Hall–Kier alpha value is -0.200. The largest absolute Gasteiger partial charge is 0.379 e. The summed E-state index contributed by atoms with van der Waals surface area (Å²) < 4.78 is 27.3. The van der Waals surface area contributed by atoms with Crippen molar-refractivity contribution >= 4 is 0 Å². The first kappa shape index (κ1) is 23.8. The molecule has 146 valence electrons. The standard InChI is InChI=1S/C19H40O5/c1-3-5-10-20-14-15-22-12-8-7-9-13-23-17-19-24-18-16-21-11-6-4-2/h3-19H2,1-2H3. The van der Waals surface area contributed by atoms with Crippen molar-refractivity contribution in [2.45, 2.75) is 58.8 Å². The van der Waals surface area contributed by atoms with Crippen molar-refractivity contribution in [1.82, 2.24) is 0 Å². The number of unbranched alkanes of at least 4 members (excludes halogenated alkanes) is 4. The maximum absolute atomic E-state index is 5.53. The van der Waals surface area contributed by atoms with E-state index in [9.17, 15) is 0 Å². The zero-order chi connectivity index (χ0) is 17.6. The molecule has 0 aromatic carbocycles. The number of hydrogen-bond donors (Lipinski definition) is 0. The second-order valence-electron chi connectivity index (χ2n) is 5.83. The maximum Gasteiger partial charge on any atom is 0.0701 e. The van der Waals surface area contributed by atoms with Gasteiger partial charge in [-0.3, -0.25) is 0 Å². The predicted octanol–water partition coefficient (Wildman–Crippen LogP) is 3.84. The molecular formula is C19H40O5. The van der Waals surface area contributed by atoms with E-state index in [-0.39, 0.29) is 0 Å². The number of hydrogen-bond acceptors (Lipinski definition) is 5. The lowest BCUT2D eigenvalue weighted by atomic mass is 10.2. The number of rotatable bonds is 21. The van der Waals surface area contributed by atoms with Crippen molar-refractivity contribution in [1.29, 1.82) is 0 Å². The fraction of sp³-hybridized carbons (Fsp3) is 1.00. The molecule has 0 rings (SSSR count). The quantitative estimate of drug-likeness (QED) is 0.295. The normalized spacial score (nSPS) is 11.2. The molecule has 0 amide bonds. The van der Waals surface area contributed by atoms with E-state index in [1.54, 1.807) is 0 Å². The molecule has 5 heteroatoms. The fourth-order valence-electron chi connectivity index (χ4n) is 1.94. The van der Waals surface area contributed by atoms with E-state index in [2.05, 4.69) is 13.8 Å². The van der Waals surface area contributed by atoms with E-state index in [0.717, 1.165) is 58.5 Å². The first-order valence-corrected chi connectivity index (χ1v) is 9.80. The summed E-state index contributed by atoms with van der Waals surface area (Å²) >= 11 is 0. The van der Waals surface area contributed by atoms with Gasteiger partial charge >= 0.3 is 0 Å². The van der Waals surface area contributed by atoms with Crippen LogP contribution in [-0.4, -0.2) is 66.1 Å². The highest BCUT2D eigenvalue weighted by molar-refractivity contribution is 4.42. The van der Waals surface area contributed by atoms with Gasteiger partial charge in [0, 0.05) is 26.4 Å². The lowest BCUT2D eigenvalue weighted by Gasteiger charge is -2.07. The highest BCUT2D eigenvalue weighted by Gasteiger charge is 1.94. The van der Waals surface area contributed by atoms with Gasteiger partial charge in [0.15, 0.2) is 0 Å². The van der Waals surface area contributed by atoms with Crippen LogP contribution in [0.2, 0.25) is 0 Å². The summed E-state index contributed by atoms with van der Waals surface area (Å²) in [5.74, 6) is 0. The molecule has 0 spiro atoms. The van der Waals surface area contributed by atoms with Crippen LogP contribution in [0.1, 0.15) is 58.8 Å². The minimum Gasteiger partial charge on any atom is -0.379 e. The minimum atomic E-state index is 0.651. The Kier molecular flexibility index (Phi) is 22.6. The second kappa shape index (κ2) is 22.8. The van der Waals surface area contributed by atoms with Gasteiger partial charge in [0.25, 0.3) is 0 Å². The van der Waals surface area contributed by atoms with Crippen LogP contribution in [0.3, 0.4) is 0 Å². The van der Waals surface area contributed by atoms with E-state index >= 15 is 0 Å². The first-order valence-electron chi connectivity index (χ1n) is 9.80. The third kappa shape index (κ3) is 21.8. The van der Waals surface area contributed by atoms with E-state index < -0.39 is 0 Å². The molecule has 24 heavy (non-hydrogen) atoms. The van der Waals surface area contributed by atoms with Crippen LogP contribution < -0.4 is 0 Å². The Morgan fingerprint density at radius 2 is 0.625 bits per heavy atom.